The van der Waals surface area contributed by atoms with E-state index in [1.807, 2.05) is 12.1 Å². The van der Waals surface area contributed by atoms with Gasteiger partial charge in [0, 0.05) is 18.8 Å². The van der Waals surface area contributed by atoms with Crippen LogP contribution in [0.3, 0.4) is 0 Å². The topological polar surface area (TPSA) is 32.0 Å². The highest BCUT2D eigenvalue weighted by Gasteiger charge is 2.15. The van der Waals surface area contributed by atoms with E-state index in [0.29, 0.717) is 0 Å². The fraction of sp³-hybridized carbons (Fsp3) is 0.312. The third-order valence-electron chi connectivity index (χ3n) is 3.55. The highest BCUT2D eigenvalue weighted by Crippen LogP contribution is 2.17. The van der Waals surface area contributed by atoms with Crippen LogP contribution in [-0.2, 0) is 0 Å². The van der Waals surface area contributed by atoms with Crippen molar-refractivity contribution in [2.24, 2.45) is 5.10 Å². The van der Waals surface area contributed by atoms with E-state index in [9.17, 15) is 0 Å². The zero-order chi connectivity index (χ0) is 13.8. The highest BCUT2D eigenvalue weighted by molar-refractivity contribution is 5.75. The first-order valence-electron chi connectivity index (χ1n) is 6.95. The van der Waals surface area contributed by atoms with Crippen LogP contribution < -0.4 is 4.90 Å². The van der Waals surface area contributed by atoms with E-state index in [1.54, 1.807) is 12.5 Å². The predicted octanol–water partition coefficient (Wildman–Crippen LogP) is 2.74. The largest absolute Gasteiger partial charge is 0.463 e. The maximum absolute atomic E-state index is 5.24. The summed E-state index contributed by atoms with van der Waals surface area (Å²) in [5.74, 6) is 0.797. The molecule has 4 nitrogen and oxygen atoms in total. The van der Waals surface area contributed by atoms with Gasteiger partial charge in [-0.1, -0.05) is 17.7 Å². The molecule has 1 fully saturated rings. The fourth-order valence-electron chi connectivity index (χ4n) is 2.33. The van der Waals surface area contributed by atoms with Gasteiger partial charge in [0.1, 0.15) is 5.76 Å². The van der Waals surface area contributed by atoms with E-state index >= 15 is 0 Å². The fourth-order valence-corrected chi connectivity index (χ4v) is 2.33. The first-order chi connectivity index (χ1) is 9.81. The standard InChI is InChI=1S/C16H19N3O/c1-14-4-6-15(7-5-14)18-8-10-19(11-9-18)17-13-16-3-2-12-20-16/h2-7,12-13H,8-11H2,1H3/b17-13+. The molecule has 2 heterocycles. The molecule has 0 bridgehead atoms. The second-order valence-electron chi connectivity index (χ2n) is 5.04. The molecule has 0 atom stereocenters. The van der Waals surface area contributed by atoms with Crippen molar-refractivity contribution in [3.63, 3.8) is 0 Å². The minimum Gasteiger partial charge on any atom is -0.463 e. The number of aryl methyl sites for hydroxylation is 1. The van der Waals surface area contributed by atoms with E-state index in [0.717, 1.165) is 31.9 Å². The molecule has 1 aliphatic rings. The molecule has 4 heteroatoms. The van der Waals surface area contributed by atoms with E-state index in [1.165, 1.54) is 11.3 Å². The summed E-state index contributed by atoms with van der Waals surface area (Å²) in [6.07, 6.45) is 3.44. The smallest absolute Gasteiger partial charge is 0.146 e. The molecule has 1 saturated heterocycles. The van der Waals surface area contributed by atoms with Crippen LogP contribution in [-0.4, -0.2) is 37.4 Å². The maximum Gasteiger partial charge on any atom is 0.146 e. The van der Waals surface area contributed by atoms with Crippen LogP contribution in [0.4, 0.5) is 5.69 Å². The summed E-state index contributed by atoms with van der Waals surface area (Å²) < 4.78 is 5.24. The van der Waals surface area contributed by atoms with Crippen LogP contribution in [0.2, 0.25) is 0 Å². The summed E-state index contributed by atoms with van der Waals surface area (Å²) in [6.45, 7) is 5.98. The monoisotopic (exact) mass is 269 g/mol. The number of furan rings is 1. The first-order valence-corrected chi connectivity index (χ1v) is 6.95. The van der Waals surface area contributed by atoms with Gasteiger partial charge in [0.25, 0.3) is 0 Å². The quantitative estimate of drug-likeness (QED) is 0.803. The Bertz CT molecular complexity index is 552. The van der Waals surface area contributed by atoms with Gasteiger partial charge in [-0.3, -0.25) is 5.01 Å². The number of benzene rings is 1. The Balaban J connectivity index is 1.55. The summed E-state index contributed by atoms with van der Waals surface area (Å²) in [4.78, 5) is 2.40. The molecule has 0 aliphatic carbocycles. The van der Waals surface area contributed by atoms with Crippen molar-refractivity contribution in [2.75, 3.05) is 31.1 Å². The number of hydrazone groups is 1. The Labute approximate surface area is 119 Å². The highest BCUT2D eigenvalue weighted by atomic mass is 16.3. The van der Waals surface area contributed by atoms with Gasteiger partial charge < -0.3 is 9.32 Å². The first kappa shape index (κ1) is 12.8. The molecule has 0 amide bonds. The lowest BCUT2D eigenvalue weighted by Gasteiger charge is -2.34. The molecule has 1 aromatic carbocycles. The van der Waals surface area contributed by atoms with Gasteiger partial charge in [-0.15, -0.1) is 0 Å². The van der Waals surface area contributed by atoms with Gasteiger partial charge in [-0.2, -0.15) is 5.10 Å². The third-order valence-corrected chi connectivity index (χ3v) is 3.55. The second-order valence-corrected chi connectivity index (χ2v) is 5.04. The van der Waals surface area contributed by atoms with Gasteiger partial charge >= 0.3 is 0 Å². The Morgan fingerprint density at radius 3 is 2.45 bits per heavy atom. The molecule has 0 spiro atoms. The molecule has 0 unspecified atom stereocenters. The van der Waals surface area contributed by atoms with Gasteiger partial charge in [-0.05, 0) is 31.2 Å². The van der Waals surface area contributed by atoms with Crippen LogP contribution in [0.25, 0.3) is 0 Å². The lowest BCUT2D eigenvalue weighted by molar-refractivity contribution is 0.271. The number of rotatable bonds is 3. The molecule has 2 aromatic rings. The third kappa shape index (κ3) is 3.02. The molecule has 104 valence electrons. The summed E-state index contributed by atoms with van der Waals surface area (Å²) >= 11 is 0. The lowest BCUT2D eigenvalue weighted by Crippen LogP contribution is -2.44. The number of hydrogen-bond acceptors (Lipinski definition) is 4. The van der Waals surface area contributed by atoms with Crippen molar-refractivity contribution >= 4 is 11.9 Å². The van der Waals surface area contributed by atoms with Crippen LogP contribution >= 0.6 is 0 Å². The van der Waals surface area contributed by atoms with Crippen LogP contribution in [0.15, 0.2) is 52.2 Å². The van der Waals surface area contributed by atoms with Gasteiger partial charge in [0.05, 0.1) is 25.6 Å². The maximum atomic E-state index is 5.24. The Kier molecular flexibility index (Phi) is 3.72. The van der Waals surface area contributed by atoms with Crippen LogP contribution in [0, 0.1) is 6.92 Å². The summed E-state index contributed by atoms with van der Waals surface area (Å²) in [7, 11) is 0. The zero-order valence-electron chi connectivity index (χ0n) is 11.7. The molecule has 1 aromatic heterocycles. The Hall–Kier alpha value is -2.23. The normalized spacial score (nSPS) is 16.1. The van der Waals surface area contributed by atoms with Crippen LogP contribution in [0.5, 0.6) is 0 Å². The van der Waals surface area contributed by atoms with Crippen LogP contribution in [0.1, 0.15) is 11.3 Å². The predicted molar refractivity (Wildman–Crippen MR) is 81.3 cm³/mol. The van der Waals surface area contributed by atoms with Crippen molar-refractivity contribution in [1.29, 1.82) is 0 Å². The van der Waals surface area contributed by atoms with Crippen molar-refractivity contribution < 1.29 is 4.42 Å². The van der Waals surface area contributed by atoms with Crippen molar-refractivity contribution in [1.82, 2.24) is 5.01 Å². The summed E-state index contributed by atoms with van der Waals surface area (Å²) in [5.41, 5.74) is 2.60. The van der Waals surface area contributed by atoms with Gasteiger partial charge in [0.2, 0.25) is 0 Å². The van der Waals surface area contributed by atoms with E-state index in [-0.39, 0.29) is 0 Å². The molecule has 0 saturated carbocycles. The zero-order valence-corrected chi connectivity index (χ0v) is 11.7. The molecular weight excluding hydrogens is 250 g/mol. The van der Waals surface area contributed by atoms with E-state index in [4.69, 9.17) is 4.42 Å². The Morgan fingerprint density at radius 2 is 1.80 bits per heavy atom. The average Bonchev–Trinajstić information content (AvgIpc) is 3.00. The van der Waals surface area contributed by atoms with Crippen molar-refractivity contribution in [3.8, 4) is 0 Å². The van der Waals surface area contributed by atoms with Gasteiger partial charge in [-0.25, -0.2) is 0 Å². The molecule has 3 rings (SSSR count). The molecule has 20 heavy (non-hydrogen) atoms. The van der Waals surface area contributed by atoms with Crippen molar-refractivity contribution in [2.45, 2.75) is 6.92 Å². The molecule has 0 N–H and O–H groups in total. The minimum absolute atomic E-state index is 0.797. The number of nitrogens with zero attached hydrogens (tertiary/aromatic N) is 3. The SMILES string of the molecule is Cc1ccc(N2CCN(/N=C/c3ccco3)CC2)cc1. The second kappa shape index (κ2) is 5.82. The summed E-state index contributed by atoms with van der Waals surface area (Å²) in [5, 5.41) is 6.55. The van der Waals surface area contributed by atoms with E-state index in [2.05, 4.69) is 46.2 Å². The van der Waals surface area contributed by atoms with Gasteiger partial charge in [0.15, 0.2) is 0 Å². The molecule has 0 radical (unpaired) electrons. The number of piperazine rings is 1. The number of anilines is 1. The lowest BCUT2D eigenvalue weighted by atomic mass is 10.2. The minimum atomic E-state index is 0.797. The Morgan fingerprint density at radius 1 is 1.05 bits per heavy atom. The summed E-state index contributed by atoms with van der Waals surface area (Å²) in [6, 6.07) is 12.5. The average molecular weight is 269 g/mol. The van der Waals surface area contributed by atoms with E-state index < -0.39 is 0 Å². The molecular formula is C16H19N3O. The van der Waals surface area contributed by atoms with Crippen molar-refractivity contribution in [3.05, 3.63) is 54.0 Å². The molecule has 1 aliphatic heterocycles. The number of hydrogen-bond donors (Lipinski definition) is 0.